The monoisotopic (exact) mass is 493 g/mol. The van der Waals surface area contributed by atoms with Gasteiger partial charge in [-0.3, -0.25) is 19.8 Å². The third-order valence-corrected chi connectivity index (χ3v) is 8.20. The SMILES string of the molecule is COc1cc(OCc2ccccc2)c([N+](=O)[O-])cc1C(=O)NC1CCN(C2C3CCCC2CCC3)C1. The molecule has 0 spiro atoms. The molecule has 1 saturated heterocycles. The van der Waals surface area contributed by atoms with Crippen molar-refractivity contribution >= 4 is 11.6 Å². The number of carbonyl (C=O) groups is 1. The van der Waals surface area contributed by atoms with E-state index in [9.17, 15) is 14.9 Å². The fraction of sp³-hybridized carbons (Fsp3) is 0.536. The average molecular weight is 494 g/mol. The van der Waals surface area contributed by atoms with Crippen LogP contribution in [0.4, 0.5) is 5.69 Å². The van der Waals surface area contributed by atoms with Gasteiger partial charge in [0.15, 0.2) is 0 Å². The number of nitro groups is 1. The van der Waals surface area contributed by atoms with Crippen LogP contribution in [0, 0.1) is 22.0 Å². The molecule has 2 saturated carbocycles. The van der Waals surface area contributed by atoms with Crippen molar-refractivity contribution in [3.63, 3.8) is 0 Å². The Balaban J connectivity index is 1.28. The minimum atomic E-state index is -0.518. The number of hydrogen-bond donors (Lipinski definition) is 1. The zero-order valence-corrected chi connectivity index (χ0v) is 20.9. The van der Waals surface area contributed by atoms with Crippen LogP contribution in [0.5, 0.6) is 11.5 Å². The van der Waals surface area contributed by atoms with Gasteiger partial charge in [-0.2, -0.15) is 0 Å². The molecule has 2 aromatic carbocycles. The number of amides is 1. The molecule has 2 aromatic rings. The molecule has 1 unspecified atom stereocenters. The molecule has 192 valence electrons. The first-order chi connectivity index (χ1) is 17.5. The molecule has 0 aromatic heterocycles. The van der Waals surface area contributed by atoms with Crippen molar-refractivity contribution in [2.75, 3.05) is 20.2 Å². The lowest BCUT2D eigenvalue weighted by atomic mass is 9.68. The molecular weight excluding hydrogens is 458 g/mol. The summed E-state index contributed by atoms with van der Waals surface area (Å²) in [6.07, 6.45) is 8.91. The first kappa shape index (κ1) is 24.6. The molecule has 3 fully saturated rings. The minimum absolute atomic E-state index is 0.0259. The van der Waals surface area contributed by atoms with Gasteiger partial charge in [-0.05, 0) is 49.5 Å². The molecule has 1 atom stereocenters. The number of carbonyl (C=O) groups excluding carboxylic acids is 1. The summed E-state index contributed by atoms with van der Waals surface area (Å²) < 4.78 is 11.2. The standard InChI is InChI=1S/C28H35N3O5/c1-35-25-16-26(36-18-19-7-3-2-4-8-19)24(31(33)34)15-23(25)28(32)29-22-13-14-30(17-22)27-20-9-5-10-21(27)12-6-11-20/h2-4,7-8,15-16,20-22,27H,5-6,9-14,17-18H2,1H3,(H,29,32). The normalized spacial score (nSPS) is 25.8. The van der Waals surface area contributed by atoms with Crippen molar-refractivity contribution in [1.82, 2.24) is 10.2 Å². The molecule has 36 heavy (non-hydrogen) atoms. The highest BCUT2D eigenvalue weighted by atomic mass is 16.6. The molecule has 1 amide bonds. The number of methoxy groups -OCH3 is 1. The van der Waals surface area contributed by atoms with E-state index >= 15 is 0 Å². The number of nitrogens with one attached hydrogen (secondary N) is 1. The van der Waals surface area contributed by atoms with Crippen molar-refractivity contribution in [1.29, 1.82) is 0 Å². The fourth-order valence-electron chi connectivity index (χ4n) is 6.57. The number of nitro benzene ring substituents is 1. The molecule has 5 rings (SSSR count). The Morgan fingerprint density at radius 3 is 2.39 bits per heavy atom. The van der Waals surface area contributed by atoms with E-state index in [-0.39, 0.29) is 41.3 Å². The van der Waals surface area contributed by atoms with Gasteiger partial charge in [-0.1, -0.05) is 43.2 Å². The van der Waals surface area contributed by atoms with Gasteiger partial charge in [0.25, 0.3) is 5.91 Å². The van der Waals surface area contributed by atoms with Crippen LogP contribution in [0.15, 0.2) is 42.5 Å². The lowest BCUT2D eigenvalue weighted by Gasteiger charge is -2.47. The molecule has 1 aliphatic heterocycles. The van der Waals surface area contributed by atoms with Gasteiger partial charge in [-0.25, -0.2) is 0 Å². The minimum Gasteiger partial charge on any atom is -0.496 e. The van der Waals surface area contributed by atoms with Gasteiger partial charge in [0.05, 0.1) is 17.6 Å². The molecular formula is C28H35N3O5. The maximum atomic E-state index is 13.3. The number of nitrogens with zero attached hydrogens (tertiary/aromatic N) is 2. The molecule has 1 N–H and O–H groups in total. The van der Waals surface area contributed by atoms with Crippen LogP contribution in [0.3, 0.4) is 0 Å². The Morgan fingerprint density at radius 2 is 1.75 bits per heavy atom. The first-order valence-corrected chi connectivity index (χ1v) is 13.1. The van der Waals surface area contributed by atoms with Crippen LogP contribution < -0.4 is 14.8 Å². The molecule has 3 aliphatic rings. The highest BCUT2D eigenvalue weighted by Crippen LogP contribution is 2.43. The van der Waals surface area contributed by atoms with E-state index in [1.165, 1.54) is 57.8 Å². The van der Waals surface area contributed by atoms with Crippen molar-refractivity contribution in [3.05, 3.63) is 63.7 Å². The van der Waals surface area contributed by atoms with E-state index in [1.807, 2.05) is 30.3 Å². The zero-order valence-electron chi connectivity index (χ0n) is 20.9. The third-order valence-electron chi connectivity index (χ3n) is 8.20. The van der Waals surface area contributed by atoms with Gasteiger partial charge < -0.3 is 14.8 Å². The molecule has 2 aliphatic carbocycles. The summed E-state index contributed by atoms with van der Waals surface area (Å²) in [7, 11) is 1.46. The number of benzene rings is 2. The number of fused-ring (bicyclic) bond motifs is 2. The lowest BCUT2D eigenvalue weighted by molar-refractivity contribution is -0.386. The summed E-state index contributed by atoms with van der Waals surface area (Å²) >= 11 is 0. The highest BCUT2D eigenvalue weighted by Gasteiger charge is 2.42. The Kier molecular flexibility index (Phi) is 7.41. The molecule has 1 heterocycles. The van der Waals surface area contributed by atoms with E-state index in [4.69, 9.17) is 9.47 Å². The van der Waals surface area contributed by atoms with Gasteiger partial charge in [0, 0.05) is 37.3 Å². The second-order valence-electron chi connectivity index (χ2n) is 10.4. The summed E-state index contributed by atoms with van der Waals surface area (Å²) in [5.41, 5.74) is 0.796. The largest absolute Gasteiger partial charge is 0.496 e. The Labute approximate surface area is 212 Å². The van der Waals surface area contributed by atoms with E-state index in [0.717, 1.165) is 36.9 Å². The fourth-order valence-corrected chi connectivity index (χ4v) is 6.57. The second-order valence-corrected chi connectivity index (χ2v) is 10.4. The second kappa shape index (κ2) is 10.9. The Bertz CT molecular complexity index is 1070. The summed E-state index contributed by atoms with van der Waals surface area (Å²) in [6.45, 7) is 2.01. The highest BCUT2D eigenvalue weighted by molar-refractivity contribution is 5.98. The van der Waals surface area contributed by atoms with Crippen LogP contribution in [0.25, 0.3) is 0 Å². The topological polar surface area (TPSA) is 93.9 Å². The number of likely N-dealkylation sites (tertiary alicyclic amines) is 1. The van der Waals surface area contributed by atoms with Crippen LogP contribution in [-0.4, -0.2) is 48.0 Å². The van der Waals surface area contributed by atoms with Crippen LogP contribution in [0.2, 0.25) is 0 Å². The predicted octanol–water partition coefficient (Wildman–Crippen LogP) is 4.96. The van der Waals surface area contributed by atoms with E-state index in [2.05, 4.69) is 10.2 Å². The Hall–Kier alpha value is -3.13. The maximum absolute atomic E-state index is 13.3. The lowest BCUT2D eigenvalue weighted by Crippen LogP contribution is -2.50. The average Bonchev–Trinajstić information content (AvgIpc) is 3.35. The smallest absolute Gasteiger partial charge is 0.312 e. The van der Waals surface area contributed by atoms with Gasteiger partial charge in [0.2, 0.25) is 5.75 Å². The molecule has 2 bridgehead atoms. The van der Waals surface area contributed by atoms with E-state index in [0.29, 0.717) is 6.04 Å². The first-order valence-electron chi connectivity index (χ1n) is 13.1. The van der Waals surface area contributed by atoms with Gasteiger partial charge in [-0.15, -0.1) is 0 Å². The summed E-state index contributed by atoms with van der Waals surface area (Å²) in [5, 5.41) is 14.9. The van der Waals surface area contributed by atoms with Crippen LogP contribution >= 0.6 is 0 Å². The van der Waals surface area contributed by atoms with Gasteiger partial charge in [0.1, 0.15) is 12.4 Å². The number of hydrogen-bond acceptors (Lipinski definition) is 6. The molecule has 8 nitrogen and oxygen atoms in total. The molecule has 0 radical (unpaired) electrons. The number of rotatable bonds is 8. The van der Waals surface area contributed by atoms with Crippen molar-refractivity contribution < 1.29 is 19.2 Å². The van der Waals surface area contributed by atoms with Crippen LogP contribution in [0.1, 0.15) is 60.9 Å². The Morgan fingerprint density at radius 1 is 1.06 bits per heavy atom. The summed E-state index contributed by atoms with van der Waals surface area (Å²) in [4.78, 5) is 27.1. The van der Waals surface area contributed by atoms with E-state index in [1.54, 1.807) is 0 Å². The summed E-state index contributed by atoms with van der Waals surface area (Å²) in [6, 6.07) is 12.8. The number of ether oxygens (including phenoxy) is 2. The van der Waals surface area contributed by atoms with E-state index < -0.39 is 4.92 Å². The molecule has 8 heteroatoms. The van der Waals surface area contributed by atoms with Crippen LogP contribution in [-0.2, 0) is 6.61 Å². The third kappa shape index (κ3) is 5.19. The maximum Gasteiger partial charge on any atom is 0.312 e. The predicted molar refractivity (Wildman–Crippen MR) is 136 cm³/mol. The van der Waals surface area contributed by atoms with Crippen molar-refractivity contribution in [3.8, 4) is 11.5 Å². The quantitative estimate of drug-likeness (QED) is 0.413. The summed E-state index contributed by atoms with van der Waals surface area (Å²) in [5.74, 6) is 1.57. The van der Waals surface area contributed by atoms with Crippen molar-refractivity contribution in [2.24, 2.45) is 11.8 Å². The van der Waals surface area contributed by atoms with Crippen molar-refractivity contribution in [2.45, 2.75) is 63.6 Å². The zero-order chi connectivity index (χ0) is 25.1. The van der Waals surface area contributed by atoms with Gasteiger partial charge >= 0.3 is 5.69 Å².